The van der Waals surface area contributed by atoms with Crippen molar-refractivity contribution < 1.29 is 14.3 Å². The number of rotatable bonds is 7. The smallest absolute Gasteiger partial charge is 0.233 e. The van der Waals surface area contributed by atoms with Crippen LogP contribution in [-0.2, 0) is 10.2 Å². The number of hydrogen-bond acceptors (Lipinski definition) is 3. The van der Waals surface area contributed by atoms with Gasteiger partial charge in [-0.25, -0.2) is 0 Å². The van der Waals surface area contributed by atoms with Crippen molar-refractivity contribution in [2.45, 2.75) is 24.7 Å². The Morgan fingerprint density at radius 3 is 2.23 bits per heavy atom. The summed E-state index contributed by atoms with van der Waals surface area (Å²) in [6, 6.07) is 15.1. The Labute approximate surface area is 159 Å². The zero-order chi connectivity index (χ0) is 18.6. The highest BCUT2D eigenvalue weighted by Crippen LogP contribution is 2.45. The van der Waals surface area contributed by atoms with Crippen molar-refractivity contribution in [3.8, 4) is 11.5 Å². The molecule has 0 saturated heterocycles. The molecule has 1 amide bonds. The van der Waals surface area contributed by atoms with Crippen molar-refractivity contribution in [1.29, 1.82) is 0 Å². The highest BCUT2D eigenvalue weighted by Gasteiger charge is 2.46. The summed E-state index contributed by atoms with van der Waals surface area (Å²) in [7, 11) is 3.48. The van der Waals surface area contributed by atoms with Crippen molar-refractivity contribution in [1.82, 2.24) is 4.90 Å². The topological polar surface area (TPSA) is 38.8 Å². The molecule has 3 rings (SSSR count). The van der Waals surface area contributed by atoms with Gasteiger partial charge in [0.25, 0.3) is 0 Å². The number of ether oxygens (including phenoxy) is 2. The second-order valence-corrected chi connectivity index (χ2v) is 7.13. The SMILES string of the molecule is COc1ccc(OCCN(C)C(=O)C2(c3ccc(Cl)cc3)CCC2)cc1. The van der Waals surface area contributed by atoms with Gasteiger partial charge in [-0.3, -0.25) is 4.79 Å². The van der Waals surface area contributed by atoms with E-state index >= 15 is 0 Å². The van der Waals surface area contributed by atoms with E-state index in [-0.39, 0.29) is 5.91 Å². The molecule has 0 N–H and O–H groups in total. The Bertz CT molecular complexity index is 739. The highest BCUT2D eigenvalue weighted by molar-refractivity contribution is 6.30. The number of nitrogens with zero attached hydrogens (tertiary/aromatic N) is 1. The summed E-state index contributed by atoms with van der Waals surface area (Å²) in [5.41, 5.74) is 0.653. The van der Waals surface area contributed by atoms with E-state index in [0.717, 1.165) is 36.3 Å². The first-order valence-corrected chi connectivity index (χ1v) is 9.21. The van der Waals surface area contributed by atoms with E-state index < -0.39 is 5.41 Å². The van der Waals surface area contributed by atoms with Gasteiger partial charge in [0.05, 0.1) is 19.1 Å². The number of carbonyl (C=O) groups excluding carboxylic acids is 1. The van der Waals surface area contributed by atoms with Gasteiger partial charge in [0.1, 0.15) is 18.1 Å². The van der Waals surface area contributed by atoms with Gasteiger partial charge in [0.2, 0.25) is 5.91 Å². The number of halogens is 1. The third kappa shape index (κ3) is 3.80. The Morgan fingerprint density at radius 1 is 1.08 bits per heavy atom. The summed E-state index contributed by atoms with van der Waals surface area (Å²) < 4.78 is 10.9. The lowest BCUT2D eigenvalue weighted by Gasteiger charge is -2.43. The predicted octanol–water partition coefficient (Wildman–Crippen LogP) is 4.31. The fourth-order valence-corrected chi connectivity index (χ4v) is 3.49. The molecule has 0 bridgehead atoms. The van der Waals surface area contributed by atoms with Gasteiger partial charge in [-0.1, -0.05) is 30.2 Å². The lowest BCUT2D eigenvalue weighted by Crippen LogP contribution is -2.50. The van der Waals surface area contributed by atoms with Crippen molar-refractivity contribution >= 4 is 17.5 Å². The van der Waals surface area contributed by atoms with Gasteiger partial charge in [0, 0.05) is 12.1 Å². The van der Waals surface area contributed by atoms with E-state index in [0.29, 0.717) is 18.2 Å². The minimum Gasteiger partial charge on any atom is -0.497 e. The molecule has 1 saturated carbocycles. The van der Waals surface area contributed by atoms with Crippen LogP contribution in [0.25, 0.3) is 0 Å². The standard InChI is InChI=1S/C21H24ClNO3/c1-23(14-15-26-19-10-8-18(25-2)9-11-19)20(24)21(12-3-13-21)16-4-6-17(22)7-5-16/h4-11H,3,12-15H2,1-2H3. The summed E-state index contributed by atoms with van der Waals surface area (Å²) in [5, 5.41) is 0.692. The molecule has 0 aliphatic heterocycles. The second-order valence-electron chi connectivity index (χ2n) is 6.69. The van der Waals surface area contributed by atoms with Crippen LogP contribution in [-0.4, -0.2) is 38.1 Å². The number of amides is 1. The van der Waals surface area contributed by atoms with Crippen LogP contribution in [0.5, 0.6) is 11.5 Å². The first-order valence-electron chi connectivity index (χ1n) is 8.84. The third-order valence-corrected chi connectivity index (χ3v) is 5.37. The maximum atomic E-state index is 13.1. The van der Waals surface area contributed by atoms with E-state index in [9.17, 15) is 4.79 Å². The minimum absolute atomic E-state index is 0.157. The molecule has 2 aromatic rings. The maximum Gasteiger partial charge on any atom is 0.233 e. The van der Waals surface area contributed by atoms with Crippen LogP contribution in [0.4, 0.5) is 0 Å². The Hall–Kier alpha value is -2.20. The zero-order valence-electron chi connectivity index (χ0n) is 15.2. The van der Waals surface area contributed by atoms with Gasteiger partial charge in [0.15, 0.2) is 0 Å². The highest BCUT2D eigenvalue weighted by atomic mass is 35.5. The van der Waals surface area contributed by atoms with Crippen LogP contribution in [0, 0.1) is 0 Å². The predicted molar refractivity (Wildman–Crippen MR) is 103 cm³/mol. The van der Waals surface area contributed by atoms with Crippen LogP contribution in [0.15, 0.2) is 48.5 Å². The summed E-state index contributed by atoms with van der Waals surface area (Å²) in [4.78, 5) is 14.9. The largest absolute Gasteiger partial charge is 0.497 e. The van der Waals surface area contributed by atoms with Crippen LogP contribution in [0.3, 0.4) is 0 Å². The molecule has 0 radical (unpaired) electrons. The van der Waals surface area contributed by atoms with Gasteiger partial charge in [-0.2, -0.15) is 0 Å². The molecule has 1 aliphatic rings. The molecule has 0 heterocycles. The molecule has 0 spiro atoms. The molecular weight excluding hydrogens is 350 g/mol. The van der Waals surface area contributed by atoms with Gasteiger partial charge in [-0.15, -0.1) is 0 Å². The van der Waals surface area contributed by atoms with Crippen LogP contribution in [0.2, 0.25) is 5.02 Å². The molecule has 0 unspecified atom stereocenters. The number of carbonyl (C=O) groups is 1. The lowest BCUT2D eigenvalue weighted by molar-refractivity contribution is -0.139. The van der Waals surface area contributed by atoms with Gasteiger partial charge >= 0.3 is 0 Å². The van der Waals surface area contributed by atoms with Crippen molar-refractivity contribution in [2.24, 2.45) is 0 Å². The molecule has 0 atom stereocenters. The molecular formula is C21H24ClNO3. The molecule has 1 fully saturated rings. The summed E-state index contributed by atoms with van der Waals surface area (Å²) in [6.45, 7) is 0.992. The van der Waals surface area contributed by atoms with Crippen molar-refractivity contribution in [3.05, 3.63) is 59.1 Å². The van der Waals surface area contributed by atoms with Crippen LogP contribution in [0.1, 0.15) is 24.8 Å². The van der Waals surface area contributed by atoms with E-state index in [1.165, 1.54) is 0 Å². The molecule has 5 heteroatoms. The summed E-state index contributed by atoms with van der Waals surface area (Å²) in [6.07, 6.45) is 2.85. The number of hydrogen-bond donors (Lipinski definition) is 0. The first kappa shape index (κ1) is 18.6. The Morgan fingerprint density at radius 2 is 1.69 bits per heavy atom. The fraction of sp³-hybridized carbons (Fsp3) is 0.381. The Kier molecular flexibility index (Phi) is 5.72. The van der Waals surface area contributed by atoms with E-state index in [1.807, 2.05) is 55.6 Å². The van der Waals surface area contributed by atoms with Crippen LogP contribution >= 0.6 is 11.6 Å². The van der Waals surface area contributed by atoms with E-state index in [2.05, 4.69) is 0 Å². The second kappa shape index (κ2) is 8.00. The molecule has 1 aliphatic carbocycles. The average molecular weight is 374 g/mol. The normalized spacial score (nSPS) is 15.0. The molecule has 138 valence electrons. The monoisotopic (exact) mass is 373 g/mol. The molecule has 2 aromatic carbocycles. The molecule has 0 aromatic heterocycles. The van der Waals surface area contributed by atoms with Gasteiger partial charge < -0.3 is 14.4 Å². The molecule has 4 nitrogen and oxygen atoms in total. The number of likely N-dealkylation sites (N-methyl/N-ethyl adjacent to an activating group) is 1. The third-order valence-electron chi connectivity index (χ3n) is 5.11. The fourth-order valence-electron chi connectivity index (χ4n) is 3.36. The summed E-state index contributed by atoms with van der Waals surface area (Å²) in [5.74, 6) is 1.71. The average Bonchev–Trinajstić information content (AvgIpc) is 2.62. The molecule has 26 heavy (non-hydrogen) atoms. The van der Waals surface area contributed by atoms with Gasteiger partial charge in [-0.05, 0) is 54.8 Å². The van der Waals surface area contributed by atoms with Crippen LogP contribution < -0.4 is 9.47 Å². The van der Waals surface area contributed by atoms with Crippen molar-refractivity contribution in [3.63, 3.8) is 0 Å². The van der Waals surface area contributed by atoms with E-state index in [1.54, 1.807) is 12.0 Å². The van der Waals surface area contributed by atoms with E-state index in [4.69, 9.17) is 21.1 Å². The number of methoxy groups -OCH3 is 1. The minimum atomic E-state index is -0.403. The Balaban J connectivity index is 1.58. The first-order chi connectivity index (χ1) is 12.5. The number of benzene rings is 2. The lowest BCUT2D eigenvalue weighted by atomic mass is 9.63. The van der Waals surface area contributed by atoms with Crippen molar-refractivity contribution in [2.75, 3.05) is 27.3 Å². The zero-order valence-corrected chi connectivity index (χ0v) is 16.0. The summed E-state index contributed by atoms with van der Waals surface area (Å²) >= 11 is 5.99. The quantitative estimate of drug-likeness (QED) is 0.726. The maximum absolute atomic E-state index is 13.1.